The van der Waals surface area contributed by atoms with Crippen LogP contribution in [0.25, 0.3) is 5.78 Å². The van der Waals surface area contributed by atoms with E-state index in [0.717, 1.165) is 11.5 Å². The zero-order chi connectivity index (χ0) is 16.4. The Morgan fingerprint density at radius 3 is 2.78 bits per heavy atom. The molecule has 3 aromatic rings. The van der Waals surface area contributed by atoms with Gasteiger partial charge in [-0.05, 0) is 23.7 Å². The van der Waals surface area contributed by atoms with Gasteiger partial charge in [-0.25, -0.2) is 4.98 Å². The van der Waals surface area contributed by atoms with Gasteiger partial charge in [-0.2, -0.15) is 18.8 Å². The van der Waals surface area contributed by atoms with E-state index in [0.29, 0.717) is 28.3 Å². The highest BCUT2D eigenvalue weighted by Crippen LogP contribution is 2.19. The summed E-state index contributed by atoms with van der Waals surface area (Å²) in [6.07, 6.45) is 1.36. The molecule has 8 nitrogen and oxygen atoms in total. The molecule has 0 aliphatic carbocycles. The van der Waals surface area contributed by atoms with E-state index < -0.39 is 5.91 Å². The summed E-state index contributed by atoms with van der Waals surface area (Å²) in [6, 6.07) is 4.68. The molecule has 3 rings (SSSR count). The summed E-state index contributed by atoms with van der Waals surface area (Å²) < 4.78 is 11.9. The zero-order valence-corrected chi connectivity index (χ0v) is 13.6. The van der Waals surface area contributed by atoms with E-state index in [1.54, 1.807) is 15.9 Å². The van der Waals surface area contributed by atoms with Crippen molar-refractivity contribution >= 4 is 34.8 Å². The van der Waals surface area contributed by atoms with Crippen LogP contribution in [0, 0.1) is 0 Å². The van der Waals surface area contributed by atoms with Gasteiger partial charge >= 0.3 is 0 Å². The maximum atomic E-state index is 12.1. The number of hydrogen-bond donors (Lipinski definition) is 0. The Kier molecular flexibility index (Phi) is 4.22. The first-order valence-corrected chi connectivity index (χ1v) is 7.45. The number of carbonyl (C=O) groups excluding carboxylic acids is 1. The van der Waals surface area contributed by atoms with Crippen molar-refractivity contribution in [2.75, 3.05) is 14.2 Å². The van der Waals surface area contributed by atoms with Gasteiger partial charge in [0, 0.05) is 6.20 Å². The molecule has 0 saturated heterocycles. The second-order valence-corrected chi connectivity index (χ2v) is 5.51. The lowest BCUT2D eigenvalue weighted by atomic mass is 10.3. The predicted octanol–water partition coefficient (Wildman–Crippen LogP) is 1.60. The fourth-order valence-electron chi connectivity index (χ4n) is 1.73. The molecule has 3 heterocycles. The highest BCUT2D eigenvalue weighted by Gasteiger charge is 2.11. The average molecular weight is 352 g/mol. The number of rotatable bonds is 3. The van der Waals surface area contributed by atoms with Crippen molar-refractivity contribution in [3.63, 3.8) is 0 Å². The highest BCUT2D eigenvalue weighted by molar-refractivity contribution is 7.03. The Balaban J connectivity index is 2.05. The van der Waals surface area contributed by atoms with Gasteiger partial charge in [-0.1, -0.05) is 11.6 Å². The third kappa shape index (κ3) is 3.15. The van der Waals surface area contributed by atoms with Gasteiger partial charge in [0.05, 0.1) is 25.8 Å². The summed E-state index contributed by atoms with van der Waals surface area (Å²) in [5.74, 6) is 0.685. The van der Waals surface area contributed by atoms with Gasteiger partial charge in [0.15, 0.2) is 0 Å². The van der Waals surface area contributed by atoms with Crippen LogP contribution >= 0.6 is 23.1 Å². The summed E-state index contributed by atoms with van der Waals surface area (Å²) in [5, 5.41) is 0.304. The number of carbonyl (C=O) groups is 1. The molecule has 1 amide bonds. The van der Waals surface area contributed by atoms with Crippen LogP contribution in [0.3, 0.4) is 0 Å². The second-order valence-electron chi connectivity index (χ2n) is 4.21. The molecule has 0 aromatic carbocycles. The standard InChI is InChI=1S/C13H10ClN5O3S/c1-21-9-5-10(22-2)19-12(16-9)18-13(23-19)17-11(20)7-3-4-8(14)15-6-7/h3-6H,1-2H3. The normalized spacial score (nSPS) is 11.7. The van der Waals surface area contributed by atoms with Crippen LogP contribution in [0.1, 0.15) is 10.4 Å². The van der Waals surface area contributed by atoms with Crippen LogP contribution in [-0.4, -0.2) is 38.9 Å². The number of halogens is 1. The van der Waals surface area contributed by atoms with Crippen LogP contribution < -0.4 is 14.3 Å². The average Bonchev–Trinajstić information content (AvgIpc) is 2.96. The minimum absolute atomic E-state index is 0.240. The van der Waals surface area contributed by atoms with E-state index >= 15 is 0 Å². The Morgan fingerprint density at radius 1 is 1.30 bits per heavy atom. The van der Waals surface area contributed by atoms with Crippen LogP contribution in [0.4, 0.5) is 0 Å². The molecule has 0 aliphatic heterocycles. The lowest BCUT2D eigenvalue weighted by Crippen LogP contribution is -2.05. The van der Waals surface area contributed by atoms with Crippen molar-refractivity contribution in [2.24, 2.45) is 4.99 Å². The van der Waals surface area contributed by atoms with Gasteiger partial charge in [0.25, 0.3) is 11.7 Å². The van der Waals surface area contributed by atoms with Crippen LogP contribution in [0.5, 0.6) is 11.8 Å². The van der Waals surface area contributed by atoms with Gasteiger partial charge in [0.1, 0.15) is 5.15 Å². The summed E-state index contributed by atoms with van der Waals surface area (Å²) in [4.78, 5) is 28.5. The minimum atomic E-state index is -0.472. The molecule has 0 unspecified atom stereocenters. The quantitative estimate of drug-likeness (QED) is 0.666. The summed E-state index contributed by atoms with van der Waals surface area (Å²) >= 11 is 6.81. The molecule has 0 radical (unpaired) electrons. The third-order valence-corrected chi connectivity index (χ3v) is 3.89. The lowest BCUT2D eigenvalue weighted by molar-refractivity contribution is 0.0998. The number of methoxy groups -OCH3 is 2. The SMILES string of the molecule is COc1cc(OC)n2sc(=NC(=O)c3ccc(Cl)nc3)nc2n1. The number of ether oxygens (including phenoxy) is 2. The van der Waals surface area contributed by atoms with E-state index in [4.69, 9.17) is 21.1 Å². The zero-order valence-electron chi connectivity index (χ0n) is 12.1. The van der Waals surface area contributed by atoms with Gasteiger partial charge < -0.3 is 9.47 Å². The number of pyridine rings is 1. The molecular formula is C13H10ClN5O3S. The molecule has 0 saturated carbocycles. The van der Waals surface area contributed by atoms with Crippen molar-refractivity contribution < 1.29 is 14.3 Å². The topological polar surface area (TPSA) is 91.0 Å². The summed E-state index contributed by atoms with van der Waals surface area (Å²) in [7, 11) is 3.01. The molecule has 10 heteroatoms. The van der Waals surface area contributed by atoms with Crippen molar-refractivity contribution in [3.05, 3.63) is 39.9 Å². The molecule has 0 aliphatic rings. The Labute approximate surface area is 139 Å². The monoisotopic (exact) mass is 351 g/mol. The first kappa shape index (κ1) is 15.4. The third-order valence-electron chi connectivity index (χ3n) is 2.80. The fraction of sp³-hybridized carbons (Fsp3) is 0.154. The number of aromatic nitrogens is 4. The first-order chi connectivity index (χ1) is 11.1. The van der Waals surface area contributed by atoms with Crippen LogP contribution in [0.2, 0.25) is 5.15 Å². The number of amides is 1. The van der Waals surface area contributed by atoms with E-state index in [1.807, 2.05) is 0 Å². The van der Waals surface area contributed by atoms with E-state index in [-0.39, 0.29) is 4.80 Å². The van der Waals surface area contributed by atoms with Crippen molar-refractivity contribution in [1.29, 1.82) is 0 Å². The number of nitrogens with zero attached hydrogens (tertiary/aromatic N) is 5. The Morgan fingerprint density at radius 2 is 2.13 bits per heavy atom. The summed E-state index contributed by atoms with van der Waals surface area (Å²) in [6.45, 7) is 0. The maximum absolute atomic E-state index is 12.1. The largest absolute Gasteiger partial charge is 0.481 e. The Bertz CT molecular complexity index is 935. The van der Waals surface area contributed by atoms with Gasteiger partial charge in [-0.3, -0.25) is 4.79 Å². The predicted molar refractivity (Wildman–Crippen MR) is 83.1 cm³/mol. The molecule has 23 heavy (non-hydrogen) atoms. The Hall–Kier alpha value is -2.52. The highest BCUT2D eigenvalue weighted by atomic mass is 35.5. The molecule has 3 aromatic heterocycles. The maximum Gasteiger partial charge on any atom is 0.281 e. The molecular weight excluding hydrogens is 342 g/mol. The minimum Gasteiger partial charge on any atom is -0.481 e. The molecule has 0 fully saturated rings. The fourth-order valence-corrected chi connectivity index (χ4v) is 2.63. The van der Waals surface area contributed by atoms with E-state index in [1.165, 1.54) is 26.5 Å². The van der Waals surface area contributed by atoms with Crippen LogP contribution in [0.15, 0.2) is 29.4 Å². The molecule has 0 bridgehead atoms. The van der Waals surface area contributed by atoms with Crippen molar-refractivity contribution in [3.8, 4) is 11.8 Å². The molecule has 0 N–H and O–H groups in total. The summed E-state index contributed by atoms with van der Waals surface area (Å²) in [5.41, 5.74) is 0.316. The van der Waals surface area contributed by atoms with Crippen molar-refractivity contribution in [2.45, 2.75) is 0 Å². The van der Waals surface area contributed by atoms with E-state index in [2.05, 4.69) is 19.9 Å². The number of hydrogen-bond acceptors (Lipinski definition) is 7. The lowest BCUT2D eigenvalue weighted by Gasteiger charge is -2.03. The number of fused-ring (bicyclic) bond motifs is 1. The second kappa shape index (κ2) is 6.31. The first-order valence-electron chi connectivity index (χ1n) is 6.30. The van der Waals surface area contributed by atoms with Crippen molar-refractivity contribution in [1.82, 2.24) is 18.7 Å². The van der Waals surface area contributed by atoms with E-state index in [9.17, 15) is 4.79 Å². The van der Waals surface area contributed by atoms with Gasteiger partial charge in [0.2, 0.25) is 16.6 Å². The molecule has 0 spiro atoms. The van der Waals surface area contributed by atoms with Gasteiger partial charge in [-0.15, -0.1) is 0 Å². The smallest absolute Gasteiger partial charge is 0.281 e. The van der Waals surface area contributed by atoms with Crippen LogP contribution in [-0.2, 0) is 0 Å². The molecule has 118 valence electrons. The molecule has 0 atom stereocenters.